The van der Waals surface area contributed by atoms with Crippen molar-refractivity contribution in [1.82, 2.24) is 9.55 Å². The molecule has 4 nitrogen and oxygen atoms in total. The lowest BCUT2D eigenvalue weighted by atomic mass is 9.70. The third kappa shape index (κ3) is 1.68. The number of fused-ring (bicyclic) bond motifs is 1. The molecular formula is C16H18N2O2. The van der Waals surface area contributed by atoms with Gasteiger partial charge in [-0.15, -0.1) is 0 Å². The molecule has 0 radical (unpaired) electrons. The highest BCUT2D eigenvalue weighted by Crippen LogP contribution is 2.42. The molecule has 2 atom stereocenters. The van der Waals surface area contributed by atoms with Gasteiger partial charge in [0.05, 0.1) is 18.1 Å². The fraction of sp³-hybridized carbons (Fsp3) is 0.375. The van der Waals surface area contributed by atoms with Crippen molar-refractivity contribution in [2.45, 2.75) is 32.2 Å². The molecule has 4 heteroatoms. The van der Waals surface area contributed by atoms with Gasteiger partial charge in [0.1, 0.15) is 5.69 Å². The quantitative estimate of drug-likeness (QED) is 0.912. The summed E-state index contributed by atoms with van der Waals surface area (Å²) >= 11 is 0. The van der Waals surface area contributed by atoms with Crippen LogP contribution < -0.4 is 0 Å². The topological polar surface area (TPSA) is 55.1 Å². The van der Waals surface area contributed by atoms with E-state index in [1.807, 2.05) is 16.7 Å². The van der Waals surface area contributed by atoms with Crippen molar-refractivity contribution < 1.29 is 9.90 Å². The van der Waals surface area contributed by atoms with E-state index in [4.69, 9.17) is 0 Å². The van der Waals surface area contributed by atoms with Gasteiger partial charge in [0.25, 0.3) is 0 Å². The predicted molar refractivity (Wildman–Crippen MR) is 75.9 cm³/mol. The molecule has 1 aliphatic rings. The van der Waals surface area contributed by atoms with Gasteiger partial charge in [0.15, 0.2) is 0 Å². The zero-order valence-corrected chi connectivity index (χ0v) is 11.7. The molecule has 104 valence electrons. The monoisotopic (exact) mass is 270 g/mol. The van der Waals surface area contributed by atoms with Crippen LogP contribution in [-0.4, -0.2) is 20.6 Å². The fourth-order valence-corrected chi connectivity index (χ4v) is 3.34. The highest BCUT2D eigenvalue weighted by molar-refractivity contribution is 5.85. The van der Waals surface area contributed by atoms with Crippen molar-refractivity contribution in [3.8, 4) is 0 Å². The van der Waals surface area contributed by atoms with E-state index in [-0.39, 0.29) is 11.2 Å². The van der Waals surface area contributed by atoms with E-state index in [1.165, 1.54) is 17.3 Å². The second kappa shape index (κ2) is 4.47. The molecule has 1 heterocycles. The Morgan fingerprint density at radius 2 is 2.20 bits per heavy atom. The lowest BCUT2D eigenvalue weighted by molar-refractivity contribution is 0.0672. The maximum atomic E-state index is 11.4. The van der Waals surface area contributed by atoms with Crippen LogP contribution in [0.5, 0.6) is 0 Å². The van der Waals surface area contributed by atoms with Crippen molar-refractivity contribution in [2.24, 2.45) is 5.92 Å². The number of benzene rings is 1. The van der Waals surface area contributed by atoms with Crippen LogP contribution in [0.1, 0.15) is 41.9 Å². The van der Waals surface area contributed by atoms with E-state index in [2.05, 4.69) is 31.0 Å². The zero-order chi connectivity index (χ0) is 14.3. The molecule has 1 N–H and O–H groups in total. The highest BCUT2D eigenvalue weighted by Gasteiger charge is 2.41. The van der Waals surface area contributed by atoms with Gasteiger partial charge in [0, 0.05) is 0 Å². The molecule has 2 aromatic rings. The summed E-state index contributed by atoms with van der Waals surface area (Å²) in [5, 5.41) is 9.37. The van der Waals surface area contributed by atoms with Crippen molar-refractivity contribution in [1.29, 1.82) is 0 Å². The molecule has 1 aromatic heterocycles. The molecular weight excluding hydrogens is 252 g/mol. The molecule has 0 saturated carbocycles. The summed E-state index contributed by atoms with van der Waals surface area (Å²) in [5.41, 5.74) is 2.40. The van der Waals surface area contributed by atoms with Crippen molar-refractivity contribution in [3.05, 3.63) is 53.6 Å². The van der Waals surface area contributed by atoms with Gasteiger partial charge in [-0.2, -0.15) is 0 Å². The maximum Gasteiger partial charge on any atom is 0.354 e. The Labute approximate surface area is 118 Å². The third-order valence-electron chi connectivity index (χ3n) is 4.73. The third-order valence-corrected chi connectivity index (χ3v) is 4.73. The highest BCUT2D eigenvalue weighted by atomic mass is 16.4. The summed E-state index contributed by atoms with van der Waals surface area (Å²) in [6.07, 6.45) is 5.16. The zero-order valence-electron chi connectivity index (χ0n) is 11.7. The summed E-state index contributed by atoms with van der Waals surface area (Å²) in [6.45, 7) is 4.30. The molecule has 0 bridgehead atoms. The molecule has 1 aliphatic carbocycles. The first-order valence-electron chi connectivity index (χ1n) is 6.89. The average Bonchev–Trinajstić information content (AvgIpc) is 2.93. The number of rotatable bonds is 2. The summed E-state index contributed by atoms with van der Waals surface area (Å²) in [5.74, 6) is -0.580. The summed E-state index contributed by atoms with van der Waals surface area (Å²) < 4.78 is 1.82. The van der Waals surface area contributed by atoms with E-state index >= 15 is 0 Å². The number of carbonyl (C=O) groups is 1. The Morgan fingerprint density at radius 3 is 2.95 bits per heavy atom. The second-order valence-electron chi connectivity index (χ2n) is 5.70. The molecule has 2 unspecified atom stereocenters. The van der Waals surface area contributed by atoms with Crippen LogP contribution in [0.15, 0.2) is 36.8 Å². The minimum atomic E-state index is -0.932. The van der Waals surface area contributed by atoms with Crippen LogP contribution in [0.25, 0.3) is 0 Å². The molecule has 0 spiro atoms. The van der Waals surface area contributed by atoms with Gasteiger partial charge in [-0.3, -0.25) is 0 Å². The summed E-state index contributed by atoms with van der Waals surface area (Å²) in [4.78, 5) is 15.5. The summed E-state index contributed by atoms with van der Waals surface area (Å²) in [7, 11) is 0. The number of carboxylic acids is 1. The summed E-state index contributed by atoms with van der Waals surface area (Å²) in [6, 6.07) is 8.31. The van der Waals surface area contributed by atoms with E-state index in [1.54, 1.807) is 6.33 Å². The van der Waals surface area contributed by atoms with Gasteiger partial charge in [-0.1, -0.05) is 31.2 Å². The Kier molecular flexibility index (Phi) is 2.89. The Balaban J connectivity index is 2.24. The molecule has 3 rings (SSSR count). The van der Waals surface area contributed by atoms with Crippen LogP contribution in [-0.2, 0) is 12.0 Å². The van der Waals surface area contributed by atoms with Crippen LogP contribution in [0.4, 0.5) is 0 Å². The number of hydrogen-bond acceptors (Lipinski definition) is 2. The minimum Gasteiger partial charge on any atom is -0.477 e. The average molecular weight is 270 g/mol. The van der Waals surface area contributed by atoms with Gasteiger partial charge >= 0.3 is 5.97 Å². The molecule has 0 aliphatic heterocycles. The normalized spacial score (nSPS) is 25.2. The lowest BCUT2D eigenvalue weighted by Gasteiger charge is -2.43. The predicted octanol–water partition coefficient (Wildman–Crippen LogP) is 2.93. The molecule has 0 saturated heterocycles. The van der Waals surface area contributed by atoms with Crippen molar-refractivity contribution in [2.75, 3.05) is 0 Å². The van der Waals surface area contributed by atoms with Crippen LogP contribution >= 0.6 is 0 Å². The number of imidazole rings is 1. The van der Waals surface area contributed by atoms with Gasteiger partial charge in [-0.25, -0.2) is 9.78 Å². The first-order chi connectivity index (χ1) is 9.55. The number of hydrogen-bond donors (Lipinski definition) is 1. The second-order valence-corrected chi connectivity index (χ2v) is 5.70. The first kappa shape index (κ1) is 12.9. The van der Waals surface area contributed by atoms with Gasteiger partial charge in [0.2, 0.25) is 0 Å². The van der Waals surface area contributed by atoms with Crippen LogP contribution in [0.3, 0.4) is 0 Å². The Bertz CT molecular complexity index is 662. The number of nitrogens with zero attached hydrogens (tertiary/aromatic N) is 2. The van der Waals surface area contributed by atoms with Crippen molar-refractivity contribution in [3.63, 3.8) is 0 Å². The van der Waals surface area contributed by atoms with Crippen LogP contribution in [0, 0.1) is 5.92 Å². The number of aryl methyl sites for hydroxylation is 1. The Hall–Kier alpha value is -2.10. The van der Waals surface area contributed by atoms with Crippen molar-refractivity contribution >= 4 is 5.97 Å². The number of carboxylic acid groups (broad SMARTS) is 1. The first-order valence-corrected chi connectivity index (χ1v) is 6.89. The lowest BCUT2D eigenvalue weighted by Crippen LogP contribution is -2.43. The van der Waals surface area contributed by atoms with E-state index < -0.39 is 5.97 Å². The number of aromatic nitrogens is 2. The SMILES string of the molecule is CC1CCc2ccccc2C1(C)n1cncc1C(=O)O. The molecule has 20 heavy (non-hydrogen) atoms. The standard InChI is InChI=1S/C16H18N2O2/c1-11-7-8-12-5-3-4-6-13(12)16(11,2)18-10-17-9-14(18)15(19)20/h3-6,9-11H,7-8H2,1-2H3,(H,19,20). The largest absolute Gasteiger partial charge is 0.477 e. The van der Waals surface area contributed by atoms with E-state index in [0.29, 0.717) is 5.92 Å². The molecule has 0 amide bonds. The van der Waals surface area contributed by atoms with Gasteiger partial charge < -0.3 is 9.67 Å². The maximum absolute atomic E-state index is 11.4. The molecule has 1 aromatic carbocycles. The van der Waals surface area contributed by atoms with Gasteiger partial charge in [-0.05, 0) is 36.8 Å². The molecule has 0 fully saturated rings. The van der Waals surface area contributed by atoms with Crippen LogP contribution in [0.2, 0.25) is 0 Å². The smallest absolute Gasteiger partial charge is 0.354 e. The Morgan fingerprint density at radius 1 is 1.45 bits per heavy atom. The fourth-order valence-electron chi connectivity index (χ4n) is 3.34. The number of aromatic carboxylic acids is 1. The van der Waals surface area contributed by atoms with E-state index in [0.717, 1.165) is 12.8 Å². The van der Waals surface area contributed by atoms with E-state index in [9.17, 15) is 9.90 Å². The minimum absolute atomic E-state index is 0.246.